The van der Waals surface area contributed by atoms with Crippen LogP contribution in [0.4, 0.5) is 11.6 Å². The number of nitrogens with one attached hydrogen (secondary N) is 1. The molecule has 1 aromatic heterocycles. The second-order valence-corrected chi connectivity index (χ2v) is 7.95. The summed E-state index contributed by atoms with van der Waals surface area (Å²) in [5, 5.41) is 0. The smallest absolute Gasteiger partial charge is 0.240 e. The molecule has 0 spiro atoms. The van der Waals surface area contributed by atoms with Gasteiger partial charge in [-0.1, -0.05) is 0 Å². The highest BCUT2D eigenvalue weighted by molar-refractivity contribution is 7.89. The molecule has 142 valence electrons. The second kappa shape index (κ2) is 7.41. The summed E-state index contributed by atoms with van der Waals surface area (Å²) < 4.78 is 27.4. The maximum Gasteiger partial charge on any atom is 0.240 e. The molecule has 1 fully saturated rings. The Kier molecular flexibility index (Phi) is 5.19. The third-order valence-electron chi connectivity index (χ3n) is 4.00. The van der Waals surface area contributed by atoms with Gasteiger partial charge in [-0.3, -0.25) is 14.5 Å². The lowest BCUT2D eigenvalue weighted by molar-refractivity contribution is -0.121. The van der Waals surface area contributed by atoms with Crippen LogP contribution in [-0.4, -0.2) is 44.3 Å². The van der Waals surface area contributed by atoms with E-state index in [0.29, 0.717) is 17.3 Å². The predicted molar refractivity (Wildman–Crippen MR) is 98.6 cm³/mol. The van der Waals surface area contributed by atoms with E-state index in [9.17, 15) is 18.0 Å². The number of imide groups is 1. The van der Waals surface area contributed by atoms with Gasteiger partial charge in [0.05, 0.1) is 22.8 Å². The van der Waals surface area contributed by atoms with Gasteiger partial charge in [0.15, 0.2) is 0 Å². The second-order valence-electron chi connectivity index (χ2n) is 6.18. The lowest BCUT2D eigenvalue weighted by Crippen LogP contribution is -2.28. The molecule has 0 atom stereocenters. The van der Waals surface area contributed by atoms with Crippen molar-refractivity contribution in [2.75, 3.05) is 23.9 Å². The first kappa shape index (κ1) is 18.9. The van der Waals surface area contributed by atoms with Gasteiger partial charge in [0.25, 0.3) is 0 Å². The van der Waals surface area contributed by atoms with E-state index in [1.165, 1.54) is 24.3 Å². The maximum absolute atomic E-state index is 12.5. The highest BCUT2D eigenvalue weighted by Crippen LogP contribution is 2.24. The van der Waals surface area contributed by atoms with Crippen LogP contribution in [0.25, 0.3) is 0 Å². The quantitative estimate of drug-likeness (QED) is 0.723. The standard InChI is InChI=1S/C17H19N5O4S/c1-21(2)17-18-10-9-12(20-17)11-19-27(25,26)14-5-3-13(4-6-14)22-15(23)7-8-16(22)24/h3-6,9-10,19H,7-8,11H2,1-2H3. The summed E-state index contributed by atoms with van der Waals surface area (Å²) in [5.41, 5.74) is 0.898. The van der Waals surface area contributed by atoms with Crippen molar-refractivity contribution in [3.05, 3.63) is 42.2 Å². The molecule has 1 aliphatic rings. The molecule has 0 aliphatic carbocycles. The first-order valence-electron chi connectivity index (χ1n) is 8.23. The number of amides is 2. The number of sulfonamides is 1. The fraction of sp³-hybridized carbons (Fsp3) is 0.294. The van der Waals surface area contributed by atoms with E-state index in [2.05, 4.69) is 14.7 Å². The number of anilines is 2. The SMILES string of the molecule is CN(C)c1nccc(CNS(=O)(=O)c2ccc(N3C(=O)CCC3=O)cc2)n1. The molecular weight excluding hydrogens is 370 g/mol. The maximum atomic E-state index is 12.5. The summed E-state index contributed by atoms with van der Waals surface area (Å²) in [7, 11) is -0.187. The van der Waals surface area contributed by atoms with Gasteiger partial charge >= 0.3 is 0 Å². The number of nitrogens with zero attached hydrogens (tertiary/aromatic N) is 4. The zero-order valence-electron chi connectivity index (χ0n) is 14.9. The molecule has 1 aromatic carbocycles. The van der Waals surface area contributed by atoms with Crippen LogP contribution < -0.4 is 14.5 Å². The van der Waals surface area contributed by atoms with Gasteiger partial charge in [0.1, 0.15) is 0 Å². The minimum atomic E-state index is -3.77. The van der Waals surface area contributed by atoms with Crippen molar-refractivity contribution >= 4 is 33.5 Å². The monoisotopic (exact) mass is 389 g/mol. The predicted octanol–water partition coefficient (Wildman–Crippen LogP) is 0.674. The van der Waals surface area contributed by atoms with Gasteiger partial charge in [-0.25, -0.2) is 23.1 Å². The summed E-state index contributed by atoms with van der Waals surface area (Å²) in [6.07, 6.45) is 1.91. The van der Waals surface area contributed by atoms with E-state index < -0.39 is 10.0 Å². The number of hydrogen-bond acceptors (Lipinski definition) is 7. The fourth-order valence-corrected chi connectivity index (χ4v) is 3.59. The molecular formula is C17H19N5O4S. The number of rotatable bonds is 6. The van der Waals surface area contributed by atoms with Crippen molar-refractivity contribution in [3.63, 3.8) is 0 Å². The number of carbonyl (C=O) groups excluding carboxylic acids is 2. The highest BCUT2D eigenvalue weighted by atomic mass is 32.2. The van der Waals surface area contributed by atoms with E-state index in [1.807, 2.05) is 0 Å². The third-order valence-corrected chi connectivity index (χ3v) is 5.42. The van der Waals surface area contributed by atoms with E-state index in [0.717, 1.165) is 4.90 Å². The molecule has 27 heavy (non-hydrogen) atoms. The number of hydrogen-bond donors (Lipinski definition) is 1. The first-order chi connectivity index (χ1) is 12.8. The van der Waals surface area contributed by atoms with Crippen molar-refractivity contribution in [2.45, 2.75) is 24.3 Å². The molecule has 3 rings (SSSR count). The normalized spacial score (nSPS) is 14.7. The molecule has 1 aliphatic heterocycles. The molecule has 1 N–H and O–H groups in total. The zero-order valence-corrected chi connectivity index (χ0v) is 15.7. The van der Waals surface area contributed by atoms with Crippen LogP contribution in [0.15, 0.2) is 41.4 Å². The molecule has 10 heteroatoms. The average molecular weight is 389 g/mol. The first-order valence-corrected chi connectivity index (χ1v) is 9.71. The zero-order chi connectivity index (χ0) is 19.6. The Labute approximate surface area is 157 Å². The Hall–Kier alpha value is -2.85. The Morgan fingerprint density at radius 2 is 1.70 bits per heavy atom. The van der Waals surface area contributed by atoms with Crippen LogP contribution in [0.5, 0.6) is 0 Å². The molecule has 2 heterocycles. The third kappa shape index (κ3) is 4.12. The minimum Gasteiger partial charge on any atom is -0.347 e. The van der Waals surface area contributed by atoms with Gasteiger partial charge in [-0.15, -0.1) is 0 Å². The Bertz CT molecular complexity index is 957. The van der Waals surface area contributed by atoms with Crippen molar-refractivity contribution in [3.8, 4) is 0 Å². The van der Waals surface area contributed by atoms with Crippen molar-refractivity contribution in [2.24, 2.45) is 0 Å². The van der Waals surface area contributed by atoms with Crippen LogP contribution >= 0.6 is 0 Å². The summed E-state index contributed by atoms with van der Waals surface area (Å²) in [4.78, 5) is 34.7. The Morgan fingerprint density at radius 1 is 1.07 bits per heavy atom. The highest BCUT2D eigenvalue weighted by Gasteiger charge is 2.30. The van der Waals surface area contributed by atoms with Gasteiger partial charge in [-0.05, 0) is 30.3 Å². The fourth-order valence-electron chi connectivity index (χ4n) is 2.59. The molecule has 2 aromatic rings. The molecule has 0 unspecified atom stereocenters. The lowest BCUT2D eigenvalue weighted by atomic mass is 10.3. The molecule has 1 saturated heterocycles. The van der Waals surface area contributed by atoms with E-state index >= 15 is 0 Å². The van der Waals surface area contributed by atoms with Crippen LogP contribution in [0.2, 0.25) is 0 Å². The van der Waals surface area contributed by atoms with Gasteiger partial charge < -0.3 is 4.90 Å². The van der Waals surface area contributed by atoms with Crippen LogP contribution in [0.3, 0.4) is 0 Å². The van der Waals surface area contributed by atoms with Crippen LogP contribution in [0.1, 0.15) is 18.5 Å². The molecule has 0 saturated carbocycles. The van der Waals surface area contributed by atoms with Crippen molar-refractivity contribution in [1.29, 1.82) is 0 Å². The summed E-state index contributed by atoms with van der Waals surface area (Å²) in [5.74, 6) is -0.0839. The van der Waals surface area contributed by atoms with E-state index in [1.54, 1.807) is 31.3 Å². The van der Waals surface area contributed by atoms with E-state index in [4.69, 9.17) is 0 Å². The molecule has 2 amide bonds. The molecule has 9 nitrogen and oxygen atoms in total. The van der Waals surface area contributed by atoms with Crippen LogP contribution in [-0.2, 0) is 26.2 Å². The minimum absolute atomic E-state index is 0.0105. The van der Waals surface area contributed by atoms with Gasteiger partial charge in [0, 0.05) is 33.1 Å². The Balaban J connectivity index is 1.72. The summed E-state index contributed by atoms with van der Waals surface area (Å²) in [6.45, 7) is 0.0105. The topological polar surface area (TPSA) is 113 Å². The average Bonchev–Trinajstić information content (AvgIpc) is 2.99. The largest absolute Gasteiger partial charge is 0.347 e. The molecule has 0 bridgehead atoms. The van der Waals surface area contributed by atoms with Crippen molar-refractivity contribution in [1.82, 2.24) is 14.7 Å². The van der Waals surface area contributed by atoms with E-state index in [-0.39, 0.29) is 36.1 Å². The lowest BCUT2D eigenvalue weighted by Gasteiger charge is -2.14. The number of aromatic nitrogens is 2. The van der Waals surface area contributed by atoms with Crippen molar-refractivity contribution < 1.29 is 18.0 Å². The number of benzene rings is 1. The van der Waals surface area contributed by atoms with Gasteiger partial charge in [-0.2, -0.15) is 0 Å². The Morgan fingerprint density at radius 3 is 2.30 bits per heavy atom. The molecule has 0 radical (unpaired) electrons. The van der Waals surface area contributed by atoms with Crippen LogP contribution in [0, 0.1) is 0 Å². The van der Waals surface area contributed by atoms with Gasteiger partial charge in [0.2, 0.25) is 27.8 Å². The summed E-state index contributed by atoms with van der Waals surface area (Å²) in [6, 6.07) is 7.25. The summed E-state index contributed by atoms with van der Waals surface area (Å²) >= 11 is 0. The number of carbonyl (C=O) groups is 2.